The lowest BCUT2D eigenvalue weighted by molar-refractivity contribution is 0.481. The van der Waals surface area contributed by atoms with Crippen molar-refractivity contribution in [2.75, 3.05) is 0 Å². The maximum atomic E-state index is 9.61. The summed E-state index contributed by atoms with van der Waals surface area (Å²) in [6.07, 6.45) is 0.925. The Morgan fingerprint density at radius 3 is 2.85 bits per heavy atom. The van der Waals surface area contributed by atoms with Gasteiger partial charge >= 0.3 is 0 Å². The van der Waals surface area contributed by atoms with E-state index in [4.69, 9.17) is 0 Å². The first-order valence-corrected chi connectivity index (χ1v) is 5.01. The van der Waals surface area contributed by atoms with Crippen LogP contribution in [0.25, 0.3) is 10.9 Å². The third-order valence-electron chi connectivity index (χ3n) is 2.17. The lowest BCUT2D eigenvalue weighted by Gasteiger charge is -1.94. The molecule has 0 aliphatic heterocycles. The highest BCUT2D eigenvalue weighted by molar-refractivity contribution is 9.10. The van der Waals surface area contributed by atoms with Gasteiger partial charge in [-0.1, -0.05) is 13.0 Å². The number of benzene rings is 1. The van der Waals surface area contributed by atoms with Crippen molar-refractivity contribution in [3.63, 3.8) is 0 Å². The molecule has 2 nitrogen and oxygen atoms in total. The molecule has 0 bridgehead atoms. The van der Waals surface area contributed by atoms with Gasteiger partial charge in [-0.2, -0.15) is 0 Å². The Labute approximate surface area is 84.7 Å². The molecule has 0 aliphatic carbocycles. The zero-order valence-electron chi connectivity index (χ0n) is 7.26. The Morgan fingerprint density at radius 2 is 2.23 bits per heavy atom. The lowest BCUT2D eigenvalue weighted by Crippen LogP contribution is -1.77. The zero-order valence-corrected chi connectivity index (χ0v) is 8.85. The number of hydrogen-bond acceptors (Lipinski definition) is 1. The van der Waals surface area contributed by atoms with Crippen LogP contribution in [0, 0.1) is 0 Å². The molecule has 0 saturated heterocycles. The van der Waals surface area contributed by atoms with E-state index in [0.717, 1.165) is 27.5 Å². The number of aryl methyl sites for hydroxylation is 1. The van der Waals surface area contributed by atoms with Crippen LogP contribution < -0.4 is 0 Å². The Kier molecular flexibility index (Phi) is 2.04. The molecule has 2 aromatic rings. The third-order valence-corrected chi connectivity index (χ3v) is 3.04. The van der Waals surface area contributed by atoms with Gasteiger partial charge in [-0.3, -0.25) is 0 Å². The fourth-order valence-electron chi connectivity index (χ4n) is 1.49. The van der Waals surface area contributed by atoms with Crippen molar-refractivity contribution in [3.8, 4) is 5.75 Å². The molecule has 1 aromatic heterocycles. The van der Waals surface area contributed by atoms with Crippen molar-refractivity contribution in [2.24, 2.45) is 0 Å². The predicted molar refractivity (Wildman–Crippen MR) is 57.0 cm³/mol. The number of H-pyrrole nitrogens is 1. The molecule has 3 heteroatoms. The summed E-state index contributed by atoms with van der Waals surface area (Å²) in [5, 5.41) is 10.5. The van der Waals surface area contributed by atoms with E-state index in [1.54, 1.807) is 6.07 Å². The van der Waals surface area contributed by atoms with Crippen LogP contribution in [0.5, 0.6) is 5.75 Å². The van der Waals surface area contributed by atoms with Crippen LogP contribution in [0.4, 0.5) is 0 Å². The fourth-order valence-corrected chi connectivity index (χ4v) is 2.28. The number of hydrogen-bond donors (Lipinski definition) is 2. The summed E-state index contributed by atoms with van der Waals surface area (Å²) in [4.78, 5) is 3.25. The first kappa shape index (κ1) is 8.63. The average Bonchev–Trinajstić information content (AvgIpc) is 2.44. The second kappa shape index (κ2) is 3.07. The Bertz CT molecular complexity index is 447. The monoisotopic (exact) mass is 239 g/mol. The Hall–Kier alpha value is -0.960. The van der Waals surface area contributed by atoms with Gasteiger partial charge in [0.2, 0.25) is 0 Å². The smallest absolute Gasteiger partial charge is 0.126 e. The van der Waals surface area contributed by atoms with E-state index < -0.39 is 0 Å². The molecule has 0 unspecified atom stereocenters. The van der Waals surface area contributed by atoms with Crippen LogP contribution in [0.2, 0.25) is 0 Å². The van der Waals surface area contributed by atoms with Crippen LogP contribution in [-0.2, 0) is 6.42 Å². The van der Waals surface area contributed by atoms with E-state index in [2.05, 4.69) is 27.8 Å². The van der Waals surface area contributed by atoms with Crippen LogP contribution in [-0.4, -0.2) is 10.1 Å². The summed E-state index contributed by atoms with van der Waals surface area (Å²) in [5.41, 5.74) is 2.10. The van der Waals surface area contributed by atoms with Gasteiger partial charge < -0.3 is 10.1 Å². The summed E-state index contributed by atoms with van der Waals surface area (Å²) >= 11 is 3.47. The average molecular weight is 240 g/mol. The van der Waals surface area contributed by atoms with Gasteiger partial charge in [0.15, 0.2) is 0 Å². The molecule has 0 amide bonds. The standard InChI is InChI=1S/C10H10BrNO/c1-2-6-10(11)9-7(12-6)4-3-5-8(9)13/h3-5,12-13H,2H2,1H3. The minimum absolute atomic E-state index is 0.320. The largest absolute Gasteiger partial charge is 0.507 e. The van der Waals surface area contributed by atoms with Crippen molar-refractivity contribution in [1.82, 2.24) is 4.98 Å². The Balaban J connectivity index is 2.85. The number of halogens is 1. The first-order valence-electron chi connectivity index (χ1n) is 4.22. The van der Waals surface area contributed by atoms with Gasteiger partial charge in [0, 0.05) is 10.2 Å². The van der Waals surface area contributed by atoms with Crippen LogP contribution in [0.1, 0.15) is 12.6 Å². The molecule has 13 heavy (non-hydrogen) atoms. The SMILES string of the molecule is CCc1[nH]c2cccc(O)c2c1Br. The minimum atomic E-state index is 0.320. The van der Waals surface area contributed by atoms with Crippen molar-refractivity contribution in [2.45, 2.75) is 13.3 Å². The molecule has 0 radical (unpaired) electrons. The lowest BCUT2D eigenvalue weighted by atomic mass is 10.2. The molecule has 2 rings (SSSR count). The number of fused-ring (bicyclic) bond motifs is 1. The number of aromatic amines is 1. The molecule has 1 aromatic carbocycles. The van der Waals surface area contributed by atoms with E-state index in [9.17, 15) is 5.11 Å². The number of rotatable bonds is 1. The summed E-state index contributed by atoms with van der Waals surface area (Å²) in [6.45, 7) is 2.08. The maximum absolute atomic E-state index is 9.61. The molecule has 68 valence electrons. The quantitative estimate of drug-likeness (QED) is 0.788. The van der Waals surface area contributed by atoms with E-state index in [0.29, 0.717) is 5.75 Å². The topological polar surface area (TPSA) is 36.0 Å². The van der Waals surface area contributed by atoms with Crippen LogP contribution in [0.15, 0.2) is 22.7 Å². The van der Waals surface area contributed by atoms with Crippen molar-refractivity contribution in [3.05, 3.63) is 28.4 Å². The molecule has 2 N–H and O–H groups in total. The van der Waals surface area contributed by atoms with Crippen molar-refractivity contribution in [1.29, 1.82) is 0 Å². The van der Waals surface area contributed by atoms with Gasteiger partial charge in [-0.05, 0) is 34.5 Å². The molecule has 0 saturated carbocycles. The van der Waals surface area contributed by atoms with E-state index in [-0.39, 0.29) is 0 Å². The molecular formula is C10H10BrNO. The summed E-state index contributed by atoms with van der Waals surface area (Å²) in [7, 11) is 0. The summed E-state index contributed by atoms with van der Waals surface area (Å²) < 4.78 is 0.975. The first-order chi connectivity index (χ1) is 6.24. The second-order valence-electron chi connectivity index (χ2n) is 2.97. The predicted octanol–water partition coefficient (Wildman–Crippen LogP) is 3.20. The summed E-state index contributed by atoms with van der Waals surface area (Å²) in [5.74, 6) is 0.320. The van der Waals surface area contributed by atoms with Gasteiger partial charge in [0.25, 0.3) is 0 Å². The minimum Gasteiger partial charge on any atom is -0.507 e. The molecule has 0 fully saturated rings. The van der Waals surface area contributed by atoms with Gasteiger partial charge in [0.1, 0.15) is 5.75 Å². The molecular weight excluding hydrogens is 230 g/mol. The fraction of sp³-hybridized carbons (Fsp3) is 0.200. The maximum Gasteiger partial charge on any atom is 0.126 e. The van der Waals surface area contributed by atoms with Gasteiger partial charge in [-0.25, -0.2) is 0 Å². The highest BCUT2D eigenvalue weighted by atomic mass is 79.9. The molecule has 1 heterocycles. The number of nitrogens with one attached hydrogen (secondary N) is 1. The Morgan fingerprint density at radius 1 is 1.46 bits per heavy atom. The highest BCUT2D eigenvalue weighted by Gasteiger charge is 2.09. The van der Waals surface area contributed by atoms with Gasteiger partial charge in [-0.15, -0.1) is 0 Å². The van der Waals surface area contributed by atoms with Gasteiger partial charge in [0.05, 0.1) is 10.9 Å². The molecule has 0 aliphatic rings. The van der Waals surface area contributed by atoms with E-state index >= 15 is 0 Å². The second-order valence-corrected chi connectivity index (χ2v) is 3.76. The third kappa shape index (κ3) is 1.23. The number of phenols is 1. The van der Waals surface area contributed by atoms with E-state index in [1.165, 1.54) is 0 Å². The number of aromatic hydroxyl groups is 1. The van der Waals surface area contributed by atoms with Crippen LogP contribution >= 0.6 is 15.9 Å². The van der Waals surface area contributed by atoms with Crippen LogP contribution in [0.3, 0.4) is 0 Å². The zero-order chi connectivity index (χ0) is 9.42. The summed E-state index contributed by atoms with van der Waals surface area (Å²) in [6, 6.07) is 5.49. The van der Waals surface area contributed by atoms with E-state index in [1.807, 2.05) is 12.1 Å². The van der Waals surface area contributed by atoms with Crippen molar-refractivity contribution >= 4 is 26.8 Å². The molecule has 0 spiro atoms. The number of aromatic nitrogens is 1. The van der Waals surface area contributed by atoms with Crippen molar-refractivity contribution < 1.29 is 5.11 Å². The molecule has 0 atom stereocenters. The normalized spacial score (nSPS) is 10.9. The highest BCUT2D eigenvalue weighted by Crippen LogP contribution is 2.34. The number of phenolic OH excluding ortho intramolecular Hbond substituents is 1.